The van der Waals surface area contributed by atoms with Crippen molar-refractivity contribution in [3.05, 3.63) is 17.5 Å². The van der Waals surface area contributed by atoms with Gasteiger partial charge in [0.05, 0.1) is 0 Å². The van der Waals surface area contributed by atoms with E-state index in [2.05, 4.69) is 29.1 Å². The fraction of sp³-hybridized carbons (Fsp3) is 0.692. The fourth-order valence-corrected chi connectivity index (χ4v) is 1.28. The predicted molar refractivity (Wildman–Crippen MR) is 69.1 cm³/mol. The summed E-state index contributed by atoms with van der Waals surface area (Å²) in [6.45, 7) is 13.0. The topological polar surface area (TPSA) is 47.0 Å². The minimum absolute atomic E-state index is 0.260. The number of nitrogens with one attached hydrogen (secondary N) is 1. The lowest BCUT2D eigenvalue weighted by Gasteiger charge is -2.20. The van der Waals surface area contributed by atoms with Gasteiger partial charge in [-0.05, 0) is 27.7 Å². The summed E-state index contributed by atoms with van der Waals surface area (Å²) in [5, 5.41) is 3.35. The third-order valence-electron chi connectivity index (χ3n) is 2.16. The Labute approximate surface area is 104 Å². The molecule has 0 aliphatic rings. The van der Waals surface area contributed by atoms with Gasteiger partial charge in [-0.25, -0.2) is 9.97 Å². The van der Waals surface area contributed by atoms with Crippen molar-refractivity contribution in [3.63, 3.8) is 0 Å². The van der Waals surface area contributed by atoms with E-state index in [9.17, 15) is 0 Å². The maximum absolute atomic E-state index is 5.62. The van der Waals surface area contributed by atoms with Gasteiger partial charge in [-0.1, -0.05) is 13.8 Å². The van der Waals surface area contributed by atoms with E-state index in [1.807, 2.05) is 33.9 Å². The Morgan fingerprint density at radius 2 is 2.00 bits per heavy atom. The molecule has 0 aromatic carbocycles. The molecule has 1 rings (SSSR count). The van der Waals surface area contributed by atoms with Crippen LogP contribution in [0.2, 0.25) is 0 Å². The molecule has 0 fully saturated rings. The molecule has 0 unspecified atom stereocenters. The first-order chi connectivity index (χ1) is 7.78. The predicted octanol–water partition coefficient (Wildman–Crippen LogP) is 2.46. The normalized spacial score (nSPS) is 11.9. The second-order valence-corrected chi connectivity index (χ2v) is 5.51. The molecule has 0 saturated carbocycles. The summed E-state index contributed by atoms with van der Waals surface area (Å²) >= 11 is 0. The zero-order valence-electron chi connectivity index (χ0n) is 11.7. The highest BCUT2D eigenvalue weighted by Crippen LogP contribution is 2.14. The Morgan fingerprint density at radius 3 is 2.47 bits per heavy atom. The van der Waals surface area contributed by atoms with Crippen LogP contribution in [0.25, 0.3) is 0 Å². The van der Waals surface area contributed by atoms with Gasteiger partial charge in [-0.3, -0.25) is 0 Å². The minimum Gasteiger partial charge on any atom is -0.458 e. The van der Waals surface area contributed by atoms with Crippen LogP contribution in [0.4, 0.5) is 0 Å². The molecule has 1 aromatic rings. The highest BCUT2D eigenvalue weighted by atomic mass is 16.5. The van der Waals surface area contributed by atoms with Gasteiger partial charge in [0.1, 0.15) is 5.60 Å². The summed E-state index contributed by atoms with van der Waals surface area (Å²) in [6, 6.07) is 0.906. The Hall–Kier alpha value is -1.16. The van der Waals surface area contributed by atoms with Crippen LogP contribution in [-0.4, -0.2) is 21.6 Å². The standard InChI is InChI=1S/C13H23N3O/c1-9(2)14-7-11-8-15-12(16-10(11)3)17-13(4,5)6/h8-9,14H,7H2,1-6H3. The molecule has 0 radical (unpaired) electrons. The average Bonchev–Trinajstić information content (AvgIpc) is 2.13. The fourth-order valence-electron chi connectivity index (χ4n) is 1.28. The third-order valence-corrected chi connectivity index (χ3v) is 2.16. The quantitative estimate of drug-likeness (QED) is 0.874. The van der Waals surface area contributed by atoms with Crippen LogP contribution in [-0.2, 0) is 6.54 Å². The van der Waals surface area contributed by atoms with Crippen molar-refractivity contribution < 1.29 is 4.74 Å². The Morgan fingerprint density at radius 1 is 1.35 bits per heavy atom. The molecule has 0 saturated heterocycles. The van der Waals surface area contributed by atoms with Crippen molar-refractivity contribution in [1.82, 2.24) is 15.3 Å². The van der Waals surface area contributed by atoms with Gasteiger partial charge in [0, 0.05) is 30.0 Å². The summed E-state index contributed by atoms with van der Waals surface area (Å²) in [6.07, 6.45) is 1.83. The van der Waals surface area contributed by atoms with Gasteiger partial charge >= 0.3 is 6.01 Å². The molecule has 1 aromatic heterocycles. The van der Waals surface area contributed by atoms with Gasteiger partial charge in [0.15, 0.2) is 0 Å². The van der Waals surface area contributed by atoms with Crippen molar-refractivity contribution in [2.24, 2.45) is 0 Å². The number of ether oxygens (including phenoxy) is 1. The summed E-state index contributed by atoms with van der Waals surface area (Å²) in [4.78, 5) is 8.59. The SMILES string of the molecule is Cc1nc(OC(C)(C)C)ncc1CNC(C)C. The Kier molecular flexibility index (Phi) is 4.46. The van der Waals surface area contributed by atoms with Crippen LogP contribution >= 0.6 is 0 Å². The summed E-state index contributed by atoms with van der Waals surface area (Å²) < 4.78 is 5.62. The van der Waals surface area contributed by atoms with E-state index < -0.39 is 0 Å². The highest BCUT2D eigenvalue weighted by molar-refractivity contribution is 5.17. The van der Waals surface area contributed by atoms with Crippen molar-refractivity contribution in [2.75, 3.05) is 0 Å². The molecule has 0 atom stereocenters. The number of aromatic nitrogens is 2. The molecule has 0 spiro atoms. The summed E-state index contributed by atoms with van der Waals surface area (Å²) in [7, 11) is 0. The smallest absolute Gasteiger partial charge is 0.317 e. The first-order valence-electron chi connectivity index (χ1n) is 6.03. The second-order valence-electron chi connectivity index (χ2n) is 5.51. The minimum atomic E-state index is -0.260. The maximum Gasteiger partial charge on any atom is 0.317 e. The zero-order chi connectivity index (χ0) is 13.1. The van der Waals surface area contributed by atoms with Crippen molar-refractivity contribution >= 4 is 0 Å². The Balaban J connectivity index is 2.72. The van der Waals surface area contributed by atoms with E-state index in [1.54, 1.807) is 0 Å². The van der Waals surface area contributed by atoms with E-state index >= 15 is 0 Å². The number of aryl methyl sites for hydroxylation is 1. The first kappa shape index (κ1) is 13.9. The highest BCUT2D eigenvalue weighted by Gasteiger charge is 2.14. The van der Waals surface area contributed by atoms with E-state index in [4.69, 9.17) is 4.74 Å². The van der Waals surface area contributed by atoms with E-state index in [0.29, 0.717) is 12.1 Å². The van der Waals surface area contributed by atoms with Gasteiger partial charge in [0.2, 0.25) is 0 Å². The average molecular weight is 237 g/mol. The molecule has 96 valence electrons. The Bertz CT molecular complexity index is 369. The van der Waals surface area contributed by atoms with Gasteiger partial charge in [-0.2, -0.15) is 0 Å². The molecule has 4 nitrogen and oxygen atoms in total. The van der Waals surface area contributed by atoms with Crippen LogP contribution in [0, 0.1) is 6.92 Å². The molecule has 0 aliphatic heterocycles. The van der Waals surface area contributed by atoms with Crippen molar-refractivity contribution in [3.8, 4) is 6.01 Å². The van der Waals surface area contributed by atoms with Gasteiger partial charge in [-0.15, -0.1) is 0 Å². The van der Waals surface area contributed by atoms with Crippen molar-refractivity contribution in [2.45, 2.75) is 59.7 Å². The second kappa shape index (κ2) is 5.45. The van der Waals surface area contributed by atoms with Crippen LogP contribution in [0.5, 0.6) is 6.01 Å². The number of hydrogen-bond donors (Lipinski definition) is 1. The maximum atomic E-state index is 5.62. The molecule has 1 heterocycles. The van der Waals surface area contributed by atoms with E-state index in [-0.39, 0.29) is 5.60 Å². The lowest BCUT2D eigenvalue weighted by atomic mass is 10.2. The largest absolute Gasteiger partial charge is 0.458 e. The molecule has 0 aliphatic carbocycles. The molecular weight excluding hydrogens is 214 g/mol. The molecule has 0 bridgehead atoms. The molecule has 0 amide bonds. The molecule has 17 heavy (non-hydrogen) atoms. The van der Waals surface area contributed by atoms with Crippen LogP contribution in [0.1, 0.15) is 45.9 Å². The van der Waals surface area contributed by atoms with Gasteiger partial charge < -0.3 is 10.1 Å². The molecular formula is C13H23N3O. The zero-order valence-corrected chi connectivity index (χ0v) is 11.7. The number of rotatable bonds is 4. The third kappa shape index (κ3) is 5.13. The number of hydrogen-bond acceptors (Lipinski definition) is 4. The lowest BCUT2D eigenvalue weighted by molar-refractivity contribution is 0.116. The van der Waals surface area contributed by atoms with Crippen LogP contribution < -0.4 is 10.1 Å². The van der Waals surface area contributed by atoms with Crippen LogP contribution in [0.3, 0.4) is 0 Å². The van der Waals surface area contributed by atoms with Crippen LogP contribution in [0.15, 0.2) is 6.20 Å². The first-order valence-corrected chi connectivity index (χ1v) is 6.03. The lowest BCUT2D eigenvalue weighted by Crippen LogP contribution is -2.25. The number of nitrogens with zero attached hydrogens (tertiary/aromatic N) is 2. The summed E-state index contributed by atoms with van der Waals surface area (Å²) in [5.74, 6) is 0. The van der Waals surface area contributed by atoms with E-state index in [1.165, 1.54) is 0 Å². The van der Waals surface area contributed by atoms with Crippen molar-refractivity contribution in [1.29, 1.82) is 0 Å². The monoisotopic (exact) mass is 237 g/mol. The summed E-state index contributed by atoms with van der Waals surface area (Å²) in [5.41, 5.74) is 1.82. The molecule has 1 N–H and O–H groups in total. The van der Waals surface area contributed by atoms with Gasteiger partial charge in [0.25, 0.3) is 0 Å². The molecule has 4 heteroatoms. The van der Waals surface area contributed by atoms with E-state index in [0.717, 1.165) is 17.8 Å².